The van der Waals surface area contributed by atoms with Crippen molar-refractivity contribution in [3.63, 3.8) is 0 Å². The number of nitrogens with zero attached hydrogens (tertiary/aromatic N) is 3. The van der Waals surface area contributed by atoms with Crippen molar-refractivity contribution < 1.29 is 4.74 Å². The first-order valence-corrected chi connectivity index (χ1v) is 6.12. The van der Waals surface area contributed by atoms with Gasteiger partial charge in [0.2, 0.25) is 0 Å². The molecule has 0 saturated carbocycles. The predicted molar refractivity (Wildman–Crippen MR) is 67.0 cm³/mol. The highest BCUT2D eigenvalue weighted by Crippen LogP contribution is 2.10. The number of anilines is 1. The molecular formula is C12H20N4O. The molecule has 1 aromatic heterocycles. The Hall–Kier alpha value is -1.20. The van der Waals surface area contributed by atoms with E-state index in [1.165, 1.54) is 0 Å². The predicted octanol–water partition coefficient (Wildman–Crippen LogP) is 0.811. The lowest BCUT2D eigenvalue weighted by molar-refractivity contribution is 0.122. The van der Waals surface area contributed by atoms with Crippen LogP contribution in [0.5, 0.6) is 0 Å². The molecule has 5 nitrogen and oxygen atoms in total. The number of hydrogen-bond donors (Lipinski definition) is 1. The molecule has 0 bridgehead atoms. The van der Waals surface area contributed by atoms with Crippen LogP contribution in [0.2, 0.25) is 0 Å². The van der Waals surface area contributed by atoms with E-state index in [4.69, 9.17) is 4.74 Å². The first-order chi connectivity index (χ1) is 8.25. The van der Waals surface area contributed by atoms with Gasteiger partial charge in [-0.25, -0.2) is 4.98 Å². The minimum atomic E-state index is 0.468. The van der Waals surface area contributed by atoms with Gasteiger partial charge in [-0.2, -0.15) is 0 Å². The van der Waals surface area contributed by atoms with E-state index in [1.807, 2.05) is 12.4 Å². The molecule has 0 radical (unpaired) electrons. The summed E-state index contributed by atoms with van der Waals surface area (Å²) in [6, 6.07) is 0.468. The number of nitrogens with one attached hydrogen (secondary N) is 1. The van der Waals surface area contributed by atoms with Crippen LogP contribution in [0.15, 0.2) is 12.4 Å². The van der Waals surface area contributed by atoms with Gasteiger partial charge in [0.1, 0.15) is 5.82 Å². The van der Waals surface area contributed by atoms with Crippen LogP contribution in [0.1, 0.15) is 19.5 Å². The number of hydrogen-bond acceptors (Lipinski definition) is 5. The number of aromatic nitrogens is 2. The fraction of sp³-hybridized carbons (Fsp3) is 0.667. The summed E-state index contributed by atoms with van der Waals surface area (Å²) < 4.78 is 5.31. The minimum Gasteiger partial charge on any atom is -0.378 e. The summed E-state index contributed by atoms with van der Waals surface area (Å²) in [5.41, 5.74) is 0.982. The molecular weight excluding hydrogens is 216 g/mol. The van der Waals surface area contributed by atoms with E-state index in [9.17, 15) is 0 Å². The van der Waals surface area contributed by atoms with Crippen LogP contribution in [0.3, 0.4) is 0 Å². The van der Waals surface area contributed by atoms with Gasteiger partial charge >= 0.3 is 0 Å². The van der Waals surface area contributed by atoms with Gasteiger partial charge in [0, 0.05) is 25.7 Å². The number of ether oxygens (including phenoxy) is 1. The second-order valence-corrected chi connectivity index (χ2v) is 4.50. The molecule has 1 aliphatic rings. The molecule has 0 aliphatic carbocycles. The highest BCUT2D eigenvalue weighted by Gasteiger charge is 2.12. The van der Waals surface area contributed by atoms with E-state index in [-0.39, 0.29) is 0 Å². The Balaban J connectivity index is 1.92. The van der Waals surface area contributed by atoms with Gasteiger partial charge in [-0.1, -0.05) is 13.8 Å². The van der Waals surface area contributed by atoms with Gasteiger partial charge in [-0.05, 0) is 0 Å². The third kappa shape index (κ3) is 3.64. The summed E-state index contributed by atoms with van der Waals surface area (Å²) >= 11 is 0. The van der Waals surface area contributed by atoms with Crippen LogP contribution < -0.4 is 10.2 Å². The van der Waals surface area contributed by atoms with Gasteiger partial charge in [0.05, 0.1) is 31.3 Å². The largest absolute Gasteiger partial charge is 0.378 e. The van der Waals surface area contributed by atoms with E-state index in [0.717, 1.165) is 44.4 Å². The average Bonchev–Trinajstić information content (AvgIpc) is 2.38. The molecule has 0 aromatic carbocycles. The highest BCUT2D eigenvalue weighted by atomic mass is 16.5. The van der Waals surface area contributed by atoms with E-state index < -0.39 is 0 Å². The van der Waals surface area contributed by atoms with Crippen LogP contribution in [0, 0.1) is 0 Å². The average molecular weight is 236 g/mol. The molecule has 1 aliphatic heterocycles. The molecule has 0 unspecified atom stereocenters. The third-order valence-electron chi connectivity index (χ3n) is 2.72. The molecule has 2 heterocycles. The lowest BCUT2D eigenvalue weighted by Crippen LogP contribution is -2.36. The Morgan fingerprint density at radius 3 is 2.65 bits per heavy atom. The first kappa shape index (κ1) is 12.3. The van der Waals surface area contributed by atoms with E-state index in [1.54, 1.807) is 0 Å². The lowest BCUT2D eigenvalue weighted by Gasteiger charge is -2.27. The highest BCUT2D eigenvalue weighted by molar-refractivity contribution is 5.36. The van der Waals surface area contributed by atoms with Crippen molar-refractivity contribution in [2.45, 2.75) is 26.4 Å². The molecule has 17 heavy (non-hydrogen) atoms. The van der Waals surface area contributed by atoms with Gasteiger partial charge in [-0.3, -0.25) is 4.98 Å². The molecule has 0 amide bonds. The molecule has 1 N–H and O–H groups in total. The third-order valence-corrected chi connectivity index (χ3v) is 2.72. The monoisotopic (exact) mass is 236 g/mol. The zero-order valence-electron chi connectivity index (χ0n) is 10.5. The summed E-state index contributed by atoms with van der Waals surface area (Å²) in [5, 5.41) is 3.32. The van der Waals surface area contributed by atoms with Crippen LogP contribution in [0.25, 0.3) is 0 Å². The Labute approximate surface area is 102 Å². The molecule has 1 saturated heterocycles. The van der Waals surface area contributed by atoms with Gasteiger partial charge in [0.15, 0.2) is 0 Å². The van der Waals surface area contributed by atoms with Crippen molar-refractivity contribution in [1.82, 2.24) is 15.3 Å². The molecule has 2 rings (SSSR count). The van der Waals surface area contributed by atoms with Crippen LogP contribution in [-0.2, 0) is 11.3 Å². The molecule has 0 spiro atoms. The van der Waals surface area contributed by atoms with Gasteiger partial charge in [0.25, 0.3) is 0 Å². The summed E-state index contributed by atoms with van der Waals surface area (Å²) in [5.74, 6) is 0.946. The molecule has 1 fully saturated rings. The Morgan fingerprint density at radius 1 is 1.29 bits per heavy atom. The van der Waals surface area contributed by atoms with Crippen LogP contribution >= 0.6 is 0 Å². The lowest BCUT2D eigenvalue weighted by atomic mass is 10.3. The fourth-order valence-corrected chi connectivity index (χ4v) is 1.70. The second kappa shape index (κ2) is 5.93. The second-order valence-electron chi connectivity index (χ2n) is 4.50. The van der Waals surface area contributed by atoms with Crippen molar-refractivity contribution in [2.24, 2.45) is 0 Å². The van der Waals surface area contributed by atoms with Gasteiger partial charge in [-0.15, -0.1) is 0 Å². The minimum absolute atomic E-state index is 0.468. The quantitative estimate of drug-likeness (QED) is 0.838. The molecule has 5 heteroatoms. The summed E-state index contributed by atoms with van der Waals surface area (Å²) in [6.07, 6.45) is 3.70. The van der Waals surface area contributed by atoms with Crippen LogP contribution in [0.4, 0.5) is 5.82 Å². The van der Waals surface area contributed by atoms with Crippen molar-refractivity contribution in [3.8, 4) is 0 Å². The van der Waals surface area contributed by atoms with E-state index in [0.29, 0.717) is 6.04 Å². The van der Waals surface area contributed by atoms with Crippen molar-refractivity contribution >= 4 is 5.82 Å². The molecule has 94 valence electrons. The summed E-state index contributed by atoms with van der Waals surface area (Å²) in [4.78, 5) is 11.1. The number of morpholine rings is 1. The van der Waals surface area contributed by atoms with Crippen LogP contribution in [-0.4, -0.2) is 42.3 Å². The topological polar surface area (TPSA) is 50.3 Å². The smallest absolute Gasteiger partial charge is 0.147 e. The van der Waals surface area contributed by atoms with Crippen molar-refractivity contribution in [2.75, 3.05) is 31.2 Å². The summed E-state index contributed by atoms with van der Waals surface area (Å²) in [7, 11) is 0. The van der Waals surface area contributed by atoms with Gasteiger partial charge < -0.3 is 15.0 Å². The maximum absolute atomic E-state index is 5.31. The van der Waals surface area contributed by atoms with E-state index in [2.05, 4.69) is 34.0 Å². The molecule has 1 aromatic rings. The molecule has 0 atom stereocenters. The summed E-state index contributed by atoms with van der Waals surface area (Å²) in [6.45, 7) is 8.37. The number of rotatable bonds is 4. The van der Waals surface area contributed by atoms with E-state index >= 15 is 0 Å². The Morgan fingerprint density at radius 2 is 2.06 bits per heavy atom. The van der Waals surface area contributed by atoms with Crippen molar-refractivity contribution in [1.29, 1.82) is 0 Å². The normalized spacial score (nSPS) is 16.5. The Kier molecular flexibility index (Phi) is 4.28. The van der Waals surface area contributed by atoms with Crippen molar-refractivity contribution in [3.05, 3.63) is 18.1 Å². The Bertz CT molecular complexity index is 333. The SMILES string of the molecule is CC(C)NCc1cnc(N2CCOCC2)cn1. The fourth-order valence-electron chi connectivity index (χ4n) is 1.70. The maximum atomic E-state index is 5.31. The maximum Gasteiger partial charge on any atom is 0.147 e. The zero-order chi connectivity index (χ0) is 12.1. The standard InChI is InChI=1S/C12H20N4O/c1-10(2)13-7-11-8-15-12(9-14-11)16-3-5-17-6-4-16/h8-10,13H,3-7H2,1-2H3. The zero-order valence-corrected chi connectivity index (χ0v) is 10.5. The first-order valence-electron chi connectivity index (χ1n) is 6.12.